The van der Waals surface area contributed by atoms with Gasteiger partial charge in [0.25, 0.3) is 0 Å². The van der Waals surface area contributed by atoms with Gasteiger partial charge in [-0.05, 0) is 17.7 Å². The maximum absolute atomic E-state index is 11.8. The molecule has 2 N–H and O–H groups in total. The second-order valence-corrected chi connectivity index (χ2v) is 7.38. The fraction of sp³-hybridized carbons (Fsp3) is 0.500. The van der Waals surface area contributed by atoms with Gasteiger partial charge >= 0.3 is 6.03 Å². The summed E-state index contributed by atoms with van der Waals surface area (Å²) in [6, 6.07) is 5.58. The van der Waals surface area contributed by atoms with Gasteiger partial charge in [0.05, 0.1) is 0 Å². The second-order valence-electron chi connectivity index (χ2n) is 4.82. The first kappa shape index (κ1) is 14.7. The van der Waals surface area contributed by atoms with Crippen molar-refractivity contribution in [2.75, 3.05) is 30.6 Å². The monoisotopic (exact) mass is 326 g/mol. The molecule has 1 saturated heterocycles. The zero-order valence-corrected chi connectivity index (χ0v) is 13.2. The lowest BCUT2D eigenvalue weighted by molar-refractivity contribution is 0.174. The molecule has 5 nitrogen and oxygen atoms in total. The van der Waals surface area contributed by atoms with E-state index in [1.54, 1.807) is 0 Å². The van der Waals surface area contributed by atoms with Crippen molar-refractivity contribution in [3.8, 4) is 11.5 Å². The standard InChI is InChI=1S/C14H18N2O3S2/c17-14(16-7-11-8-20-3-4-21-11)15-6-10-1-2-12-13(5-10)19-9-18-12/h1-2,5,11H,3-4,6-9H2,(H2,15,16,17)/t11-/m0/s1. The molecule has 2 aliphatic heterocycles. The maximum atomic E-state index is 11.8. The first-order valence-electron chi connectivity index (χ1n) is 6.91. The highest BCUT2D eigenvalue weighted by Gasteiger charge is 2.16. The highest BCUT2D eigenvalue weighted by atomic mass is 32.2. The van der Waals surface area contributed by atoms with Gasteiger partial charge in [0.2, 0.25) is 6.79 Å². The van der Waals surface area contributed by atoms with Gasteiger partial charge in [0.1, 0.15) is 0 Å². The van der Waals surface area contributed by atoms with Gasteiger partial charge in [0.15, 0.2) is 11.5 Å². The van der Waals surface area contributed by atoms with Gasteiger partial charge in [-0.15, -0.1) is 0 Å². The van der Waals surface area contributed by atoms with Gasteiger partial charge in [0, 0.05) is 35.6 Å². The highest BCUT2D eigenvalue weighted by molar-refractivity contribution is 8.06. The molecule has 0 aromatic heterocycles. The summed E-state index contributed by atoms with van der Waals surface area (Å²) in [5.41, 5.74) is 0.997. The Morgan fingerprint density at radius 1 is 1.24 bits per heavy atom. The van der Waals surface area contributed by atoms with E-state index < -0.39 is 0 Å². The molecule has 0 spiro atoms. The quantitative estimate of drug-likeness (QED) is 0.887. The summed E-state index contributed by atoms with van der Waals surface area (Å²) in [4.78, 5) is 11.8. The molecule has 1 fully saturated rings. The highest BCUT2D eigenvalue weighted by Crippen LogP contribution is 2.32. The first-order valence-corrected chi connectivity index (χ1v) is 9.11. The molecule has 0 bridgehead atoms. The Balaban J connectivity index is 1.41. The minimum absolute atomic E-state index is 0.121. The summed E-state index contributed by atoms with van der Waals surface area (Å²) in [7, 11) is 0. The summed E-state index contributed by atoms with van der Waals surface area (Å²) < 4.78 is 10.6. The third kappa shape index (κ3) is 4.14. The zero-order valence-electron chi connectivity index (χ0n) is 11.6. The number of urea groups is 1. The lowest BCUT2D eigenvalue weighted by atomic mass is 10.2. The van der Waals surface area contributed by atoms with Crippen LogP contribution in [0.15, 0.2) is 18.2 Å². The van der Waals surface area contributed by atoms with Crippen molar-refractivity contribution in [1.82, 2.24) is 10.6 Å². The molecule has 1 aromatic carbocycles. The van der Waals surface area contributed by atoms with Gasteiger partial charge in [-0.25, -0.2) is 4.79 Å². The van der Waals surface area contributed by atoms with E-state index in [0.717, 1.165) is 29.4 Å². The molecule has 1 aromatic rings. The largest absolute Gasteiger partial charge is 0.454 e. The molecule has 0 radical (unpaired) electrons. The number of amides is 2. The van der Waals surface area contributed by atoms with Crippen molar-refractivity contribution < 1.29 is 14.3 Å². The van der Waals surface area contributed by atoms with Crippen LogP contribution in [0.1, 0.15) is 5.56 Å². The number of hydrogen-bond donors (Lipinski definition) is 2. The minimum atomic E-state index is -0.121. The Morgan fingerprint density at radius 2 is 2.14 bits per heavy atom. The number of nitrogens with one attached hydrogen (secondary N) is 2. The molecule has 3 rings (SSSR count). The van der Waals surface area contributed by atoms with E-state index in [4.69, 9.17) is 9.47 Å². The van der Waals surface area contributed by atoms with E-state index in [9.17, 15) is 4.79 Å². The van der Waals surface area contributed by atoms with E-state index >= 15 is 0 Å². The van der Waals surface area contributed by atoms with Crippen LogP contribution < -0.4 is 20.1 Å². The number of carbonyl (C=O) groups is 1. The predicted octanol–water partition coefficient (Wildman–Crippen LogP) is 2.06. The van der Waals surface area contributed by atoms with Crippen molar-refractivity contribution in [2.24, 2.45) is 0 Å². The van der Waals surface area contributed by atoms with Crippen molar-refractivity contribution in [3.05, 3.63) is 23.8 Å². The Kier molecular flexibility index (Phi) is 5.03. The van der Waals surface area contributed by atoms with E-state index in [1.165, 1.54) is 11.5 Å². The van der Waals surface area contributed by atoms with Crippen LogP contribution in [0.5, 0.6) is 11.5 Å². The SMILES string of the molecule is O=C(NCc1ccc2c(c1)OCO2)NC[C@H]1CSCCS1. The van der Waals surface area contributed by atoms with E-state index in [2.05, 4.69) is 10.6 Å². The molecule has 21 heavy (non-hydrogen) atoms. The number of fused-ring (bicyclic) bond motifs is 1. The Hall–Kier alpha value is -1.21. The number of benzene rings is 1. The maximum Gasteiger partial charge on any atom is 0.315 e. The Bertz CT molecular complexity index is 507. The molecule has 2 amide bonds. The van der Waals surface area contributed by atoms with Crippen LogP contribution in [0.2, 0.25) is 0 Å². The lowest BCUT2D eigenvalue weighted by Gasteiger charge is -2.21. The van der Waals surface area contributed by atoms with Crippen LogP contribution in [0.3, 0.4) is 0 Å². The van der Waals surface area contributed by atoms with Crippen LogP contribution in [-0.4, -0.2) is 41.9 Å². The predicted molar refractivity (Wildman–Crippen MR) is 86.4 cm³/mol. The third-order valence-corrected chi connectivity index (χ3v) is 6.11. The summed E-state index contributed by atoms with van der Waals surface area (Å²) in [5, 5.41) is 6.33. The summed E-state index contributed by atoms with van der Waals surface area (Å²) in [5.74, 6) is 5.01. The topological polar surface area (TPSA) is 59.6 Å². The second kappa shape index (κ2) is 7.17. The summed E-state index contributed by atoms with van der Waals surface area (Å²) >= 11 is 3.90. The molecule has 114 valence electrons. The van der Waals surface area contributed by atoms with Crippen LogP contribution in [0.4, 0.5) is 4.79 Å². The van der Waals surface area contributed by atoms with Crippen LogP contribution in [0.25, 0.3) is 0 Å². The zero-order chi connectivity index (χ0) is 14.5. The van der Waals surface area contributed by atoms with Gasteiger partial charge in [-0.1, -0.05) is 6.07 Å². The van der Waals surface area contributed by atoms with Gasteiger partial charge in [-0.3, -0.25) is 0 Å². The first-order chi connectivity index (χ1) is 10.3. The normalized spacial score (nSPS) is 20.1. The van der Waals surface area contributed by atoms with E-state index in [1.807, 2.05) is 41.7 Å². The third-order valence-electron chi connectivity index (χ3n) is 3.27. The number of thioether (sulfide) groups is 2. The molecular formula is C14H18N2O3S2. The van der Waals surface area contributed by atoms with Crippen molar-refractivity contribution in [2.45, 2.75) is 11.8 Å². The number of ether oxygens (including phenoxy) is 2. The fourth-order valence-electron chi connectivity index (χ4n) is 2.16. The molecule has 1 atom stereocenters. The van der Waals surface area contributed by atoms with E-state index in [-0.39, 0.29) is 12.8 Å². The van der Waals surface area contributed by atoms with Crippen molar-refractivity contribution in [1.29, 1.82) is 0 Å². The number of carbonyl (C=O) groups excluding carboxylic acids is 1. The average molecular weight is 326 g/mol. The van der Waals surface area contributed by atoms with Crippen molar-refractivity contribution >= 4 is 29.6 Å². The minimum Gasteiger partial charge on any atom is -0.454 e. The molecule has 0 unspecified atom stereocenters. The van der Waals surface area contributed by atoms with Crippen molar-refractivity contribution in [3.63, 3.8) is 0 Å². The summed E-state index contributed by atoms with van der Waals surface area (Å²) in [6.45, 7) is 1.48. The van der Waals surface area contributed by atoms with Crippen LogP contribution in [0, 0.1) is 0 Å². The van der Waals surface area contributed by atoms with Gasteiger partial charge in [-0.2, -0.15) is 23.5 Å². The number of hydrogen-bond acceptors (Lipinski definition) is 5. The van der Waals surface area contributed by atoms with E-state index in [0.29, 0.717) is 11.8 Å². The Morgan fingerprint density at radius 3 is 3.00 bits per heavy atom. The molecule has 2 heterocycles. The summed E-state index contributed by atoms with van der Waals surface area (Å²) in [6.07, 6.45) is 0. The molecule has 7 heteroatoms. The average Bonchev–Trinajstić information content (AvgIpc) is 2.99. The molecular weight excluding hydrogens is 308 g/mol. The van der Waals surface area contributed by atoms with Gasteiger partial charge < -0.3 is 20.1 Å². The lowest BCUT2D eigenvalue weighted by Crippen LogP contribution is -2.39. The molecule has 2 aliphatic rings. The Labute approximate surface area is 132 Å². The molecule has 0 saturated carbocycles. The van der Waals surface area contributed by atoms with Crippen LogP contribution in [-0.2, 0) is 6.54 Å². The molecule has 0 aliphatic carbocycles. The van der Waals surface area contributed by atoms with Crippen LogP contribution >= 0.6 is 23.5 Å². The fourth-order valence-corrected chi connectivity index (χ4v) is 4.77. The number of rotatable bonds is 4. The smallest absolute Gasteiger partial charge is 0.315 e.